The molecule has 0 bridgehead atoms. The number of rotatable bonds is 9. The van der Waals surface area contributed by atoms with Crippen molar-refractivity contribution in [1.29, 1.82) is 0 Å². The average molecular weight is 358 g/mol. The van der Waals surface area contributed by atoms with E-state index >= 15 is 0 Å². The van der Waals surface area contributed by atoms with E-state index in [0.717, 1.165) is 5.56 Å². The van der Waals surface area contributed by atoms with Crippen LogP contribution in [0.2, 0.25) is 0 Å². The van der Waals surface area contributed by atoms with Crippen LogP contribution in [0.4, 0.5) is 0 Å². The highest BCUT2D eigenvalue weighted by molar-refractivity contribution is 6.17. The van der Waals surface area contributed by atoms with Crippen LogP contribution in [0.5, 0.6) is 11.5 Å². The molecule has 0 unspecified atom stereocenters. The number of terminal acetylenes is 1. The summed E-state index contributed by atoms with van der Waals surface area (Å²) in [6.07, 6.45) is 8.82. The minimum absolute atomic E-state index is 0.0783. The van der Waals surface area contributed by atoms with Crippen LogP contribution in [0.3, 0.4) is 0 Å². The van der Waals surface area contributed by atoms with E-state index in [-0.39, 0.29) is 12.2 Å². The first-order valence-electron chi connectivity index (χ1n) is 7.87. The van der Waals surface area contributed by atoms with E-state index in [1.165, 1.54) is 20.3 Å². The number of carbonyl (C=O) groups excluding carboxylic acids is 2. The number of benzene rings is 1. The molecule has 1 aromatic carbocycles. The van der Waals surface area contributed by atoms with E-state index in [9.17, 15) is 9.59 Å². The molecule has 0 fully saturated rings. The molecule has 0 atom stereocenters. The Morgan fingerprint density at radius 3 is 2.35 bits per heavy atom. The van der Waals surface area contributed by atoms with Gasteiger partial charge in [0.25, 0.3) is 0 Å². The van der Waals surface area contributed by atoms with E-state index in [1.54, 1.807) is 18.2 Å². The van der Waals surface area contributed by atoms with E-state index in [1.807, 2.05) is 6.92 Å². The highest BCUT2D eigenvalue weighted by Gasteiger charge is 2.21. The zero-order valence-corrected chi connectivity index (χ0v) is 15.2. The van der Waals surface area contributed by atoms with Crippen molar-refractivity contribution in [3.05, 3.63) is 41.5 Å². The van der Waals surface area contributed by atoms with Gasteiger partial charge in [-0.3, -0.25) is 0 Å². The van der Waals surface area contributed by atoms with Crippen molar-refractivity contribution in [2.75, 3.05) is 27.4 Å². The molecular weight excluding hydrogens is 336 g/mol. The normalized spacial score (nSPS) is 9.46. The first-order valence-corrected chi connectivity index (χ1v) is 7.87. The standard InChI is InChI=1S/C20H22O6/c1-6-9-15-11-14(12-16(19(21)23-4)20(22)24-5)13-17(25-8-3)18(15)26-10-7-2/h2,6,11-13H,1,8-10H2,3-5H3. The van der Waals surface area contributed by atoms with E-state index in [2.05, 4.69) is 22.0 Å². The number of ether oxygens (including phenoxy) is 4. The molecule has 0 amide bonds. The number of carbonyl (C=O) groups is 2. The lowest BCUT2D eigenvalue weighted by Gasteiger charge is -2.16. The van der Waals surface area contributed by atoms with Crippen LogP contribution in [-0.2, 0) is 25.5 Å². The number of esters is 2. The molecule has 6 nitrogen and oxygen atoms in total. The largest absolute Gasteiger partial charge is 0.490 e. The van der Waals surface area contributed by atoms with Gasteiger partial charge in [-0.1, -0.05) is 12.0 Å². The fraction of sp³-hybridized carbons (Fsp3) is 0.300. The van der Waals surface area contributed by atoms with Crippen molar-refractivity contribution in [2.45, 2.75) is 13.3 Å². The second-order valence-corrected chi connectivity index (χ2v) is 4.97. The van der Waals surface area contributed by atoms with Gasteiger partial charge >= 0.3 is 11.9 Å². The minimum Gasteiger partial charge on any atom is -0.490 e. The summed E-state index contributed by atoms with van der Waals surface area (Å²) >= 11 is 0. The number of hydrogen-bond donors (Lipinski definition) is 0. The molecule has 0 aliphatic carbocycles. The molecule has 0 saturated carbocycles. The van der Waals surface area contributed by atoms with Crippen molar-refractivity contribution >= 4 is 18.0 Å². The molecule has 0 spiro atoms. The SMILES string of the molecule is C#CCOc1c(CC=C)cc(C=C(C(=O)OC)C(=O)OC)cc1OCC. The lowest BCUT2D eigenvalue weighted by atomic mass is 10.0. The highest BCUT2D eigenvalue weighted by atomic mass is 16.5. The second kappa shape index (κ2) is 10.6. The zero-order chi connectivity index (χ0) is 19.5. The van der Waals surface area contributed by atoms with Gasteiger partial charge in [0.05, 0.1) is 20.8 Å². The third-order valence-electron chi connectivity index (χ3n) is 3.24. The van der Waals surface area contributed by atoms with Gasteiger partial charge in [0, 0.05) is 5.56 Å². The molecule has 0 N–H and O–H groups in total. The van der Waals surface area contributed by atoms with E-state index < -0.39 is 11.9 Å². The van der Waals surface area contributed by atoms with Crippen LogP contribution in [0.1, 0.15) is 18.1 Å². The maximum absolute atomic E-state index is 11.9. The quantitative estimate of drug-likeness (QED) is 0.169. The Bertz CT molecular complexity index is 721. The lowest BCUT2D eigenvalue weighted by molar-refractivity contribution is -0.143. The van der Waals surface area contributed by atoms with Crippen molar-refractivity contribution in [1.82, 2.24) is 0 Å². The van der Waals surface area contributed by atoms with Gasteiger partial charge in [-0.25, -0.2) is 9.59 Å². The smallest absolute Gasteiger partial charge is 0.345 e. The van der Waals surface area contributed by atoms with Crippen molar-refractivity contribution in [2.24, 2.45) is 0 Å². The van der Waals surface area contributed by atoms with Crippen molar-refractivity contribution < 1.29 is 28.5 Å². The predicted molar refractivity (Wildman–Crippen MR) is 97.8 cm³/mol. The fourth-order valence-corrected chi connectivity index (χ4v) is 2.20. The predicted octanol–water partition coefficient (Wildman–Crippen LogP) is 2.56. The maximum Gasteiger partial charge on any atom is 0.345 e. The third-order valence-corrected chi connectivity index (χ3v) is 3.24. The van der Waals surface area contributed by atoms with Crippen LogP contribution in [-0.4, -0.2) is 39.4 Å². The summed E-state index contributed by atoms with van der Waals surface area (Å²) in [6.45, 7) is 6.03. The highest BCUT2D eigenvalue weighted by Crippen LogP contribution is 2.34. The Balaban J connectivity index is 3.53. The topological polar surface area (TPSA) is 71.1 Å². The van der Waals surface area contributed by atoms with Gasteiger partial charge in [-0.05, 0) is 37.1 Å². The molecule has 26 heavy (non-hydrogen) atoms. The van der Waals surface area contributed by atoms with Crippen molar-refractivity contribution in [3.63, 3.8) is 0 Å². The number of methoxy groups -OCH3 is 2. The zero-order valence-electron chi connectivity index (χ0n) is 15.2. The Morgan fingerprint density at radius 1 is 1.19 bits per heavy atom. The maximum atomic E-state index is 11.9. The molecule has 138 valence electrons. The molecule has 0 heterocycles. The molecule has 1 aromatic rings. The summed E-state index contributed by atoms with van der Waals surface area (Å²) in [5.74, 6) is 1.76. The minimum atomic E-state index is -0.798. The van der Waals surface area contributed by atoms with Gasteiger partial charge in [-0.2, -0.15) is 0 Å². The molecule has 0 saturated heterocycles. The molecule has 1 rings (SSSR count). The summed E-state index contributed by atoms with van der Waals surface area (Å²) in [7, 11) is 2.37. The molecule has 6 heteroatoms. The summed E-state index contributed by atoms with van der Waals surface area (Å²) in [4.78, 5) is 23.7. The molecule has 0 aliphatic rings. The Labute approximate surface area is 153 Å². The van der Waals surface area contributed by atoms with Crippen LogP contribution in [0.25, 0.3) is 6.08 Å². The first-order chi connectivity index (χ1) is 12.5. The summed E-state index contributed by atoms with van der Waals surface area (Å²) in [6, 6.07) is 3.40. The van der Waals surface area contributed by atoms with Gasteiger partial charge in [0.15, 0.2) is 11.5 Å². The fourth-order valence-electron chi connectivity index (χ4n) is 2.20. The summed E-state index contributed by atoms with van der Waals surface area (Å²) in [5.41, 5.74) is 1.06. The van der Waals surface area contributed by atoms with Gasteiger partial charge in [-0.15, -0.1) is 13.0 Å². The molecule has 0 radical (unpaired) electrons. The second-order valence-electron chi connectivity index (χ2n) is 4.97. The number of allylic oxidation sites excluding steroid dienone is 1. The lowest BCUT2D eigenvalue weighted by Crippen LogP contribution is -2.15. The van der Waals surface area contributed by atoms with Crippen LogP contribution < -0.4 is 9.47 Å². The van der Waals surface area contributed by atoms with E-state index in [4.69, 9.17) is 15.9 Å². The van der Waals surface area contributed by atoms with Crippen LogP contribution in [0.15, 0.2) is 30.4 Å². The summed E-state index contributed by atoms with van der Waals surface area (Å²) < 4.78 is 20.5. The third kappa shape index (κ3) is 5.42. The molecule has 0 aliphatic heterocycles. The first kappa shape index (κ1) is 20.8. The van der Waals surface area contributed by atoms with Gasteiger partial charge in [0.2, 0.25) is 0 Å². The Hall–Kier alpha value is -3.20. The average Bonchev–Trinajstić information content (AvgIpc) is 2.64. The van der Waals surface area contributed by atoms with Gasteiger partial charge < -0.3 is 18.9 Å². The van der Waals surface area contributed by atoms with Gasteiger partial charge in [0.1, 0.15) is 12.2 Å². The Morgan fingerprint density at radius 2 is 1.85 bits per heavy atom. The summed E-state index contributed by atoms with van der Waals surface area (Å²) in [5, 5.41) is 0. The monoisotopic (exact) mass is 358 g/mol. The van der Waals surface area contributed by atoms with Crippen LogP contribution in [0, 0.1) is 12.3 Å². The van der Waals surface area contributed by atoms with Crippen LogP contribution >= 0.6 is 0 Å². The number of hydrogen-bond acceptors (Lipinski definition) is 6. The molecule has 0 aromatic heterocycles. The van der Waals surface area contributed by atoms with Crippen molar-refractivity contribution in [3.8, 4) is 23.8 Å². The molecular formula is C20H22O6. The van der Waals surface area contributed by atoms with E-state index in [0.29, 0.717) is 30.1 Å². The Kier molecular flexibility index (Phi) is 8.51.